The van der Waals surface area contributed by atoms with Crippen molar-refractivity contribution in [3.8, 4) is 17.7 Å². The summed E-state index contributed by atoms with van der Waals surface area (Å²) < 4.78 is 59.4. The van der Waals surface area contributed by atoms with E-state index >= 15 is 0 Å². The van der Waals surface area contributed by atoms with E-state index in [9.17, 15) is 43.5 Å². The first-order chi connectivity index (χ1) is 25.3. The molecule has 0 saturated carbocycles. The largest absolute Gasteiger partial charge is 0.490 e. The quantitative estimate of drug-likeness (QED) is 0.0300. The number of carbonyl (C=O) groups is 1. The molecule has 1 fully saturated rings. The van der Waals surface area contributed by atoms with Crippen LogP contribution in [-0.2, 0) is 36.4 Å². The van der Waals surface area contributed by atoms with E-state index in [4.69, 9.17) is 30.7 Å². The number of unbranched alkanes of at least 4 members (excludes halogenated alkanes) is 2. The third kappa shape index (κ3) is 12.4. The van der Waals surface area contributed by atoms with Crippen molar-refractivity contribution < 1.29 is 70.7 Å². The Hall–Kier alpha value is -3.71. The number of aromatic nitrogens is 4. The van der Waals surface area contributed by atoms with E-state index in [-0.39, 0.29) is 52.9 Å². The SMILES string of the molecule is C[C@H](Oc1nc(N)nc2c1ncn2[C@H]1C[C@@H](O)[C@@H](COP(=O)(O)OP(=O)(O)OP(=O)(O)O)O1)c1ccc(C#CCCC(=O)CCCCCN)cc1[N+](=O)[O-]. The predicted molar refractivity (Wildman–Crippen MR) is 185 cm³/mol. The number of ketones is 1. The predicted octanol–water partition coefficient (Wildman–Crippen LogP) is 2.67. The summed E-state index contributed by atoms with van der Waals surface area (Å²) >= 11 is 0. The molecular formula is C28H38N7O16P3. The molecule has 54 heavy (non-hydrogen) atoms. The number of aliphatic hydroxyl groups excluding tert-OH is 1. The van der Waals surface area contributed by atoms with E-state index in [0.29, 0.717) is 24.9 Å². The van der Waals surface area contributed by atoms with Gasteiger partial charge in [0.05, 0.1) is 29.5 Å². The van der Waals surface area contributed by atoms with Crippen LogP contribution in [0.5, 0.6) is 5.88 Å². The molecule has 1 saturated heterocycles. The number of imidazole rings is 1. The molecule has 1 aromatic carbocycles. The number of nitrogens with zero attached hydrogens (tertiary/aromatic N) is 5. The molecule has 2 unspecified atom stereocenters. The topological polar surface area (TPSA) is 354 Å². The number of ether oxygens (including phenoxy) is 2. The summed E-state index contributed by atoms with van der Waals surface area (Å²) in [6.07, 6.45) is -0.117. The summed E-state index contributed by atoms with van der Waals surface area (Å²) in [6.45, 7) is 1.21. The normalized spacial score (nSPS) is 20.1. The minimum absolute atomic E-state index is 0.0459. The highest BCUT2D eigenvalue weighted by molar-refractivity contribution is 7.66. The highest BCUT2D eigenvalue weighted by Crippen LogP contribution is 2.66. The molecule has 23 nitrogen and oxygen atoms in total. The van der Waals surface area contributed by atoms with E-state index in [1.165, 1.54) is 30.0 Å². The van der Waals surface area contributed by atoms with E-state index in [1.54, 1.807) is 6.07 Å². The van der Waals surface area contributed by atoms with Gasteiger partial charge in [-0.25, -0.2) is 18.7 Å². The van der Waals surface area contributed by atoms with Gasteiger partial charge in [-0.2, -0.15) is 18.6 Å². The van der Waals surface area contributed by atoms with Gasteiger partial charge in [-0.1, -0.05) is 18.3 Å². The Morgan fingerprint density at radius 3 is 2.56 bits per heavy atom. The third-order valence-electron chi connectivity index (χ3n) is 7.61. The Morgan fingerprint density at radius 1 is 1.13 bits per heavy atom. The Balaban J connectivity index is 1.43. The van der Waals surface area contributed by atoms with Gasteiger partial charge in [0.25, 0.3) is 5.69 Å². The maximum absolute atomic E-state index is 12.1. The summed E-state index contributed by atoms with van der Waals surface area (Å²) in [4.78, 5) is 72.4. The van der Waals surface area contributed by atoms with Crippen molar-refractivity contribution in [3.05, 3.63) is 45.8 Å². The van der Waals surface area contributed by atoms with E-state index in [2.05, 4.69) is 39.9 Å². The van der Waals surface area contributed by atoms with Crippen molar-refractivity contribution >= 4 is 52.1 Å². The number of anilines is 1. The monoisotopic (exact) mass is 821 g/mol. The molecule has 0 spiro atoms. The second kappa shape index (κ2) is 18.3. The molecule has 3 aromatic rings. The molecule has 1 aliphatic heterocycles. The van der Waals surface area contributed by atoms with Crippen molar-refractivity contribution in [2.45, 2.75) is 76.4 Å². The average molecular weight is 822 g/mol. The van der Waals surface area contributed by atoms with Gasteiger partial charge in [0, 0.05) is 37.3 Å². The van der Waals surface area contributed by atoms with Crippen LogP contribution in [0.1, 0.15) is 75.3 Å². The van der Waals surface area contributed by atoms with Crippen LogP contribution in [0.25, 0.3) is 11.2 Å². The molecule has 0 amide bonds. The van der Waals surface area contributed by atoms with Crippen LogP contribution in [0.2, 0.25) is 0 Å². The van der Waals surface area contributed by atoms with Crippen LogP contribution in [0, 0.1) is 22.0 Å². The standard InChI is InChI=1S/C28H38N7O16P3/c1-17(20-11-10-18(13-21(20)35(38)39)7-4-5-9-19(36)8-3-2-6-12-29)48-27-25-26(32-28(30)33-27)34(16-31-25)24-14-22(37)23(49-24)15-47-53(43,44)51-54(45,46)50-52(40,41)42/h10-11,13,16-17,22-24,37H,2-3,5-6,8-9,12,14-15,29H2,1H3,(H,43,44)(H,45,46)(H2,30,32,33)(H2,40,41,42)/t17-,22+,23+,24+/m0/s1. The molecule has 0 radical (unpaired) electrons. The minimum atomic E-state index is -5.76. The second-order valence-corrected chi connectivity index (χ2v) is 16.2. The molecule has 26 heteroatoms. The molecule has 6 atom stereocenters. The highest BCUT2D eigenvalue weighted by atomic mass is 31.3. The Kier molecular flexibility index (Phi) is 14.6. The van der Waals surface area contributed by atoms with Crippen molar-refractivity contribution in [2.75, 3.05) is 18.9 Å². The van der Waals surface area contributed by atoms with E-state index in [1.807, 2.05) is 0 Å². The van der Waals surface area contributed by atoms with Gasteiger partial charge in [0.15, 0.2) is 11.2 Å². The fourth-order valence-electron chi connectivity index (χ4n) is 5.20. The zero-order valence-corrected chi connectivity index (χ0v) is 31.1. The maximum Gasteiger partial charge on any atom is 0.490 e. The molecular weight excluding hydrogens is 783 g/mol. The lowest BCUT2D eigenvalue weighted by molar-refractivity contribution is -0.386. The Labute approximate surface area is 306 Å². The zero-order chi connectivity index (χ0) is 39.8. The second-order valence-electron chi connectivity index (χ2n) is 11.8. The number of hydrogen-bond acceptors (Lipinski definition) is 17. The van der Waals surface area contributed by atoms with Crippen LogP contribution in [-0.4, -0.2) is 80.3 Å². The van der Waals surface area contributed by atoms with Gasteiger partial charge in [-0.15, -0.1) is 0 Å². The number of nitro benzene ring substituents is 1. The van der Waals surface area contributed by atoms with Crippen LogP contribution in [0.15, 0.2) is 24.5 Å². The first kappa shape index (κ1) is 43.0. The van der Waals surface area contributed by atoms with Gasteiger partial charge < -0.3 is 45.6 Å². The van der Waals surface area contributed by atoms with Crippen molar-refractivity contribution in [2.24, 2.45) is 5.73 Å². The number of Topliss-reactive ketones (excluding diaryl/α,β-unsaturated/α-hetero) is 1. The number of benzene rings is 1. The van der Waals surface area contributed by atoms with Gasteiger partial charge in [-0.3, -0.25) is 24.0 Å². The van der Waals surface area contributed by atoms with Gasteiger partial charge in [-0.05, 0) is 38.4 Å². The number of fused-ring (bicyclic) bond motifs is 1. The lowest BCUT2D eigenvalue weighted by atomic mass is 10.0. The number of rotatable bonds is 19. The van der Waals surface area contributed by atoms with E-state index in [0.717, 1.165) is 19.3 Å². The smallest absolute Gasteiger partial charge is 0.468 e. The number of phosphoric acid groups is 3. The molecule has 3 heterocycles. The summed E-state index contributed by atoms with van der Waals surface area (Å²) in [7, 11) is -16.8. The van der Waals surface area contributed by atoms with Crippen molar-refractivity contribution in [1.29, 1.82) is 0 Å². The molecule has 9 N–H and O–H groups in total. The number of aliphatic hydroxyl groups is 1. The molecule has 0 bridgehead atoms. The van der Waals surface area contributed by atoms with Crippen LogP contribution in [0.3, 0.4) is 0 Å². The average Bonchev–Trinajstić information content (AvgIpc) is 3.65. The summed E-state index contributed by atoms with van der Waals surface area (Å²) in [6, 6.07) is 4.34. The number of carbonyl (C=O) groups excluding carboxylic acids is 1. The molecule has 2 aromatic heterocycles. The molecule has 1 aliphatic rings. The highest BCUT2D eigenvalue weighted by Gasteiger charge is 2.43. The van der Waals surface area contributed by atoms with E-state index < -0.39 is 59.5 Å². The Morgan fingerprint density at radius 2 is 1.87 bits per heavy atom. The first-order valence-electron chi connectivity index (χ1n) is 16.0. The zero-order valence-electron chi connectivity index (χ0n) is 28.4. The number of phosphoric ester groups is 1. The van der Waals surface area contributed by atoms with Crippen LogP contribution < -0.4 is 16.2 Å². The maximum atomic E-state index is 12.1. The first-order valence-corrected chi connectivity index (χ1v) is 20.6. The van der Waals surface area contributed by atoms with Gasteiger partial charge in [0.1, 0.15) is 24.2 Å². The number of nitro groups is 1. The lowest BCUT2D eigenvalue weighted by Gasteiger charge is -2.19. The number of hydrogen-bond donors (Lipinski definition) is 7. The van der Waals surface area contributed by atoms with Crippen molar-refractivity contribution in [1.82, 2.24) is 19.5 Å². The molecule has 4 rings (SSSR count). The van der Waals surface area contributed by atoms with Crippen LogP contribution in [0.4, 0.5) is 11.6 Å². The summed E-state index contributed by atoms with van der Waals surface area (Å²) in [5.74, 6) is 5.37. The number of nitrogen functional groups attached to an aromatic ring is 1. The Bertz CT molecular complexity index is 2050. The van der Waals surface area contributed by atoms with Gasteiger partial charge >= 0.3 is 23.5 Å². The fourth-order valence-corrected chi connectivity index (χ4v) is 8.23. The minimum Gasteiger partial charge on any atom is -0.468 e. The van der Waals surface area contributed by atoms with Crippen molar-refractivity contribution in [3.63, 3.8) is 0 Å². The molecule has 296 valence electrons. The fraction of sp³-hybridized carbons (Fsp3) is 0.500. The molecule has 0 aliphatic carbocycles. The number of nitrogens with two attached hydrogens (primary N) is 2. The third-order valence-corrected chi connectivity index (χ3v) is 11.4. The van der Waals surface area contributed by atoms with Crippen LogP contribution >= 0.6 is 23.5 Å². The summed E-state index contributed by atoms with van der Waals surface area (Å²) in [5, 5.41) is 22.6. The lowest BCUT2D eigenvalue weighted by Crippen LogP contribution is -2.26. The summed E-state index contributed by atoms with van der Waals surface area (Å²) in [5.41, 5.74) is 11.7. The van der Waals surface area contributed by atoms with Gasteiger partial charge in [0.2, 0.25) is 11.8 Å².